The molecule has 2 atom stereocenters. The Morgan fingerprint density at radius 2 is 1.97 bits per heavy atom. The van der Waals surface area contributed by atoms with E-state index in [4.69, 9.17) is 9.84 Å². The number of likely N-dealkylation sites (N-methyl/N-ethyl adjacent to an activating group) is 1. The summed E-state index contributed by atoms with van der Waals surface area (Å²) in [5, 5.41) is 8.81. The van der Waals surface area contributed by atoms with Crippen LogP contribution in [-0.4, -0.2) is 91.8 Å². The van der Waals surface area contributed by atoms with E-state index < -0.39 is 40.6 Å². The fraction of sp³-hybridized carbons (Fsp3) is 0.944. The third-order valence-electron chi connectivity index (χ3n) is 6.52. The zero-order valence-corrected chi connectivity index (χ0v) is 17.8. The van der Waals surface area contributed by atoms with Crippen LogP contribution in [0.3, 0.4) is 0 Å². The van der Waals surface area contributed by atoms with Crippen molar-refractivity contribution in [2.75, 3.05) is 39.1 Å². The van der Waals surface area contributed by atoms with Crippen LogP contribution in [-0.2, 0) is 19.5 Å². The molecule has 8 nitrogen and oxygen atoms in total. The fourth-order valence-corrected chi connectivity index (χ4v) is 5.96. The summed E-state index contributed by atoms with van der Waals surface area (Å²) < 4.78 is 75.0. The number of rotatable bonds is 6. The summed E-state index contributed by atoms with van der Waals surface area (Å²) in [5.74, 6) is 0.375. The average molecular weight is 458 g/mol. The van der Waals surface area contributed by atoms with Gasteiger partial charge in [0.1, 0.15) is 0 Å². The molecule has 3 fully saturated rings. The first kappa shape index (κ1) is 23.6. The van der Waals surface area contributed by atoms with E-state index >= 15 is 0 Å². The van der Waals surface area contributed by atoms with E-state index in [1.165, 1.54) is 4.31 Å². The number of ether oxygens (including phenoxy) is 2. The highest BCUT2D eigenvalue weighted by Crippen LogP contribution is 2.39. The molecule has 0 aromatic rings. The molecule has 2 saturated heterocycles. The topological polar surface area (TPSA) is 96.4 Å². The molecule has 2 heterocycles. The van der Waals surface area contributed by atoms with Gasteiger partial charge in [0.15, 0.2) is 0 Å². The molecule has 0 aromatic carbocycles. The fourth-order valence-electron chi connectivity index (χ4n) is 4.20. The summed E-state index contributed by atoms with van der Waals surface area (Å²) in [6.45, 7) is -0.800. The zero-order chi connectivity index (χ0) is 22.2. The molecule has 3 aliphatic rings. The minimum atomic E-state index is -4.83. The van der Waals surface area contributed by atoms with Crippen LogP contribution in [0.4, 0.5) is 18.0 Å². The van der Waals surface area contributed by atoms with Crippen molar-refractivity contribution in [3.8, 4) is 0 Å². The molecular formula is C18H29F3N2O6S. The number of carbonyl (C=O) groups excluding carboxylic acids is 1. The Labute approximate surface area is 174 Å². The van der Waals surface area contributed by atoms with Gasteiger partial charge in [0, 0.05) is 20.1 Å². The largest absolute Gasteiger partial charge is 0.434 e. The first-order valence-corrected chi connectivity index (χ1v) is 11.8. The second-order valence-electron chi connectivity index (χ2n) is 8.53. The van der Waals surface area contributed by atoms with Crippen molar-refractivity contribution in [1.82, 2.24) is 9.21 Å². The number of amides is 1. The lowest BCUT2D eigenvalue weighted by Crippen LogP contribution is -2.49. The van der Waals surface area contributed by atoms with Crippen LogP contribution >= 0.6 is 0 Å². The number of piperidine rings is 1. The average Bonchev–Trinajstić information content (AvgIpc) is 3.05. The van der Waals surface area contributed by atoms with Crippen molar-refractivity contribution in [2.24, 2.45) is 5.92 Å². The monoisotopic (exact) mass is 458 g/mol. The molecule has 1 aliphatic carbocycles. The molecule has 0 bridgehead atoms. The molecule has 174 valence electrons. The van der Waals surface area contributed by atoms with Crippen molar-refractivity contribution < 1.29 is 41.0 Å². The molecule has 0 aromatic heterocycles. The van der Waals surface area contributed by atoms with Crippen LogP contribution in [0.2, 0.25) is 0 Å². The maximum atomic E-state index is 12.7. The highest BCUT2D eigenvalue weighted by atomic mass is 32.2. The van der Waals surface area contributed by atoms with Gasteiger partial charge in [0.25, 0.3) is 0 Å². The van der Waals surface area contributed by atoms with Gasteiger partial charge < -0.3 is 19.5 Å². The zero-order valence-electron chi connectivity index (χ0n) is 16.9. The number of aliphatic hydroxyl groups is 1. The van der Waals surface area contributed by atoms with Gasteiger partial charge in [0.2, 0.25) is 16.1 Å². The lowest BCUT2D eigenvalue weighted by molar-refractivity contribution is -0.215. The van der Waals surface area contributed by atoms with Crippen molar-refractivity contribution in [2.45, 2.75) is 62.4 Å². The number of aliphatic hydroxyl groups excluding tert-OH is 1. The van der Waals surface area contributed by atoms with E-state index in [1.807, 2.05) is 0 Å². The van der Waals surface area contributed by atoms with E-state index in [1.54, 1.807) is 7.05 Å². The predicted molar refractivity (Wildman–Crippen MR) is 100 cm³/mol. The maximum Gasteiger partial charge on any atom is 0.427 e. The molecule has 30 heavy (non-hydrogen) atoms. The Morgan fingerprint density at radius 3 is 2.47 bits per heavy atom. The third-order valence-corrected chi connectivity index (χ3v) is 8.59. The van der Waals surface area contributed by atoms with E-state index in [-0.39, 0.29) is 37.4 Å². The van der Waals surface area contributed by atoms with Crippen LogP contribution in [0, 0.1) is 5.92 Å². The molecule has 2 aliphatic heterocycles. The van der Waals surface area contributed by atoms with Gasteiger partial charge in [-0.15, -0.1) is 0 Å². The second kappa shape index (κ2) is 8.79. The van der Waals surface area contributed by atoms with Gasteiger partial charge in [-0.05, 0) is 38.0 Å². The molecule has 0 unspecified atom stereocenters. The molecule has 1 amide bonds. The molecule has 1 spiro atoms. The summed E-state index contributed by atoms with van der Waals surface area (Å²) in [6, 6.07) is -0.294. The van der Waals surface area contributed by atoms with E-state index in [9.17, 15) is 26.4 Å². The Morgan fingerprint density at radius 1 is 1.33 bits per heavy atom. The highest BCUT2D eigenvalue weighted by molar-refractivity contribution is 7.89. The number of carbonyl (C=O) groups is 1. The number of nitrogens with zero attached hydrogens (tertiary/aromatic N) is 2. The maximum absolute atomic E-state index is 12.7. The first-order chi connectivity index (χ1) is 14.0. The summed E-state index contributed by atoms with van der Waals surface area (Å²) in [7, 11) is -1.81. The second-order valence-corrected chi connectivity index (χ2v) is 10.6. The van der Waals surface area contributed by atoms with E-state index in [0.29, 0.717) is 19.3 Å². The molecule has 0 radical (unpaired) electrons. The summed E-state index contributed by atoms with van der Waals surface area (Å²) in [6.07, 6.45) is -4.32. The number of alkyl halides is 3. The van der Waals surface area contributed by atoms with Crippen molar-refractivity contribution in [3.05, 3.63) is 0 Å². The molecule has 1 N–H and O–H groups in total. The number of sulfonamides is 1. The lowest BCUT2D eigenvalue weighted by Gasteiger charge is -2.38. The van der Waals surface area contributed by atoms with Crippen molar-refractivity contribution in [1.29, 1.82) is 0 Å². The minimum Gasteiger partial charge on any atom is -0.434 e. The standard InChI is InChI=1S/C18H29F3N2O6S/c1-22(30(26,27)12-13-3-2-4-13)14-9-17(28-11-14)5-7-23(8-6-17)16(25)29-15(10-24)18(19,20)21/h13-15,24H,2-12H2,1H3/t14-,15-/m1/s1. The quantitative estimate of drug-likeness (QED) is 0.651. The van der Waals surface area contributed by atoms with Crippen LogP contribution in [0.5, 0.6) is 0 Å². The third kappa shape index (κ3) is 5.20. The Kier molecular flexibility index (Phi) is 6.90. The lowest BCUT2D eigenvalue weighted by atomic mass is 9.87. The smallest absolute Gasteiger partial charge is 0.427 e. The van der Waals surface area contributed by atoms with Crippen LogP contribution < -0.4 is 0 Å². The molecule has 12 heteroatoms. The van der Waals surface area contributed by atoms with Gasteiger partial charge in [-0.3, -0.25) is 0 Å². The van der Waals surface area contributed by atoms with Crippen molar-refractivity contribution >= 4 is 16.1 Å². The van der Waals surface area contributed by atoms with E-state index in [0.717, 1.165) is 24.2 Å². The minimum absolute atomic E-state index is 0.139. The van der Waals surface area contributed by atoms with Gasteiger partial charge in [0.05, 0.1) is 30.6 Å². The number of hydrogen-bond donors (Lipinski definition) is 1. The summed E-state index contributed by atoms with van der Waals surface area (Å²) in [5.41, 5.74) is -0.595. The van der Waals surface area contributed by atoms with Gasteiger partial charge in [-0.2, -0.15) is 17.5 Å². The number of halogens is 3. The first-order valence-electron chi connectivity index (χ1n) is 10.2. The van der Waals surface area contributed by atoms with E-state index in [2.05, 4.69) is 4.74 Å². The van der Waals surface area contributed by atoms with Crippen LogP contribution in [0.1, 0.15) is 38.5 Å². The summed E-state index contributed by atoms with van der Waals surface area (Å²) >= 11 is 0. The molecule has 1 saturated carbocycles. The van der Waals surface area contributed by atoms with Crippen molar-refractivity contribution in [3.63, 3.8) is 0 Å². The normalized spacial score (nSPS) is 26.1. The Balaban J connectivity index is 1.51. The number of likely N-dealkylation sites (tertiary alicyclic amines) is 1. The SMILES string of the molecule is CN([C@H]1COC2(CCN(C(=O)O[C@H](CO)C(F)(F)F)CC2)C1)S(=O)(=O)CC1CCC1. The Hall–Kier alpha value is -1.11. The molecular weight excluding hydrogens is 429 g/mol. The highest BCUT2D eigenvalue weighted by Gasteiger charge is 2.48. The molecule has 3 rings (SSSR count). The van der Waals surface area contributed by atoms with Gasteiger partial charge in [-0.25, -0.2) is 13.2 Å². The van der Waals surface area contributed by atoms with Crippen LogP contribution in [0.15, 0.2) is 0 Å². The van der Waals surface area contributed by atoms with Gasteiger partial charge >= 0.3 is 12.3 Å². The van der Waals surface area contributed by atoms with Gasteiger partial charge in [-0.1, -0.05) is 6.42 Å². The Bertz CT molecular complexity index is 720. The predicted octanol–water partition coefficient (Wildman–Crippen LogP) is 1.73. The summed E-state index contributed by atoms with van der Waals surface area (Å²) in [4.78, 5) is 13.2. The number of hydrogen-bond acceptors (Lipinski definition) is 6. The van der Waals surface area contributed by atoms with Crippen LogP contribution in [0.25, 0.3) is 0 Å².